The molecule has 2 bridgehead atoms. The number of anilines is 2. The van der Waals surface area contributed by atoms with Gasteiger partial charge in [0.25, 0.3) is 0 Å². The lowest BCUT2D eigenvalue weighted by Gasteiger charge is -2.33. The lowest BCUT2D eigenvalue weighted by molar-refractivity contribution is -0.137. The number of alkyl halides is 4. The molecule has 5 fully saturated rings. The normalized spacial score (nSPS) is 29.0. The molecule has 8 heterocycles. The lowest BCUT2D eigenvalue weighted by Crippen LogP contribution is -2.50. The number of halogens is 6. The number of piperidine rings is 1. The maximum atomic E-state index is 16.7. The van der Waals surface area contributed by atoms with Gasteiger partial charge in [-0.15, -0.1) is 0 Å². The summed E-state index contributed by atoms with van der Waals surface area (Å²) in [5.74, 6) is -1.96. The second kappa shape index (κ2) is 10.5. The van der Waals surface area contributed by atoms with E-state index in [4.69, 9.17) is 20.2 Å². The largest absolute Gasteiger partial charge is 0.475 e. The molecule has 5 atom stereocenters. The molecule has 0 amide bonds. The summed E-state index contributed by atoms with van der Waals surface area (Å²) in [4.78, 5) is 17.6. The smallest absolute Gasteiger partial charge is 0.417 e. The van der Waals surface area contributed by atoms with Crippen LogP contribution >= 0.6 is 0 Å². The number of rotatable bonds is 4. The summed E-state index contributed by atoms with van der Waals surface area (Å²) >= 11 is 0. The van der Waals surface area contributed by atoms with Crippen molar-refractivity contribution >= 4 is 22.4 Å². The van der Waals surface area contributed by atoms with Gasteiger partial charge in [-0.3, -0.25) is 4.90 Å². The van der Waals surface area contributed by atoms with Crippen LogP contribution in [0, 0.1) is 24.5 Å². The molecule has 6 aliphatic rings. The fourth-order valence-corrected chi connectivity index (χ4v) is 8.34. The average molecular weight is 650 g/mol. The molecule has 0 radical (unpaired) electrons. The average Bonchev–Trinajstić information content (AvgIpc) is 3.33. The van der Waals surface area contributed by atoms with Gasteiger partial charge in [-0.1, -0.05) is 0 Å². The van der Waals surface area contributed by atoms with E-state index >= 15 is 4.39 Å². The predicted octanol–water partition coefficient (Wildman–Crippen LogP) is 4.78. The number of nitrogens with two attached hydrogens (primary N) is 1. The number of aromatic nitrogens is 3. The maximum Gasteiger partial charge on any atom is 0.417 e. The van der Waals surface area contributed by atoms with E-state index in [9.17, 15) is 22.0 Å². The van der Waals surface area contributed by atoms with Crippen molar-refractivity contribution in [1.82, 2.24) is 25.2 Å². The molecule has 5 saturated heterocycles. The van der Waals surface area contributed by atoms with Gasteiger partial charge in [0.2, 0.25) is 5.88 Å². The number of ether oxygens (including phenoxy) is 2. The van der Waals surface area contributed by atoms with Crippen molar-refractivity contribution in [1.29, 1.82) is 0 Å². The van der Waals surface area contributed by atoms with Crippen molar-refractivity contribution in [3.05, 3.63) is 28.8 Å². The second-order valence-corrected chi connectivity index (χ2v) is 13.3. The minimum absolute atomic E-state index is 0.0223. The Kier molecular flexibility index (Phi) is 6.77. The van der Waals surface area contributed by atoms with Crippen LogP contribution in [0.4, 0.5) is 37.8 Å². The van der Waals surface area contributed by atoms with Gasteiger partial charge < -0.3 is 25.4 Å². The number of nitrogens with zero attached hydrogens (tertiary/aromatic N) is 5. The van der Waals surface area contributed by atoms with Crippen molar-refractivity contribution in [2.75, 3.05) is 50.0 Å². The Labute approximate surface area is 260 Å². The Morgan fingerprint density at radius 3 is 2.74 bits per heavy atom. The molecule has 0 spiro atoms. The van der Waals surface area contributed by atoms with E-state index < -0.39 is 57.6 Å². The summed E-state index contributed by atoms with van der Waals surface area (Å²) in [7, 11) is 0. The first-order valence-electron chi connectivity index (χ1n) is 15.7. The Morgan fingerprint density at radius 2 is 1.98 bits per heavy atom. The molecule has 15 heteroatoms. The predicted molar refractivity (Wildman–Crippen MR) is 157 cm³/mol. The molecule has 246 valence electrons. The number of pyridine rings is 1. The van der Waals surface area contributed by atoms with Gasteiger partial charge in [-0.2, -0.15) is 23.1 Å². The Hall–Kier alpha value is -3.59. The van der Waals surface area contributed by atoms with E-state index in [-0.39, 0.29) is 54.0 Å². The number of nitrogens with one attached hydrogen (secondary N) is 1. The highest BCUT2D eigenvalue weighted by molar-refractivity contribution is 5.97. The zero-order valence-corrected chi connectivity index (χ0v) is 25.1. The zero-order valence-electron chi connectivity index (χ0n) is 25.1. The minimum atomic E-state index is -5.05. The first kappa shape index (κ1) is 29.8. The van der Waals surface area contributed by atoms with Crippen LogP contribution < -0.4 is 25.4 Å². The standard InChI is InChI=1S/C31H33F6N7O2/c1-14-22(31(35,36)37)17(7-18(38)23(14)33)25-24(34)26-21-27(42-29(41-26)46-13-30-5-2-6-43(30)11-16(32)8-30)44-10-15-3-4-19(39-9-15)20(44)12-45-28(21)40-25/h7,15-16,19-20,39H,2-6,8-13,38H2,1H3/t15-,16+,19-,20+,30-/m0/s1. The highest BCUT2D eigenvalue weighted by Gasteiger charge is 2.50. The Bertz CT molecular complexity index is 1730. The van der Waals surface area contributed by atoms with Gasteiger partial charge in [-0.05, 0) is 63.2 Å². The van der Waals surface area contributed by atoms with Gasteiger partial charge in [0, 0.05) is 31.1 Å². The number of hydrogen-bond donors (Lipinski definition) is 2. The highest BCUT2D eigenvalue weighted by atomic mass is 19.4. The fraction of sp³-hybridized carbons (Fsp3) is 0.581. The lowest BCUT2D eigenvalue weighted by atomic mass is 9.95. The number of nitrogen functional groups attached to an aromatic ring is 1. The monoisotopic (exact) mass is 649 g/mol. The third-order valence-corrected chi connectivity index (χ3v) is 10.5. The zero-order chi connectivity index (χ0) is 32.1. The molecular weight excluding hydrogens is 616 g/mol. The summed E-state index contributed by atoms with van der Waals surface area (Å²) in [6.45, 7) is 3.55. The van der Waals surface area contributed by atoms with Crippen molar-refractivity contribution in [3.63, 3.8) is 0 Å². The molecule has 9 rings (SSSR count). The molecule has 6 aliphatic heterocycles. The highest BCUT2D eigenvalue weighted by Crippen LogP contribution is 2.47. The van der Waals surface area contributed by atoms with E-state index in [1.165, 1.54) is 0 Å². The van der Waals surface area contributed by atoms with E-state index in [2.05, 4.69) is 20.2 Å². The molecule has 0 saturated carbocycles. The summed E-state index contributed by atoms with van der Waals surface area (Å²) < 4.78 is 101. The van der Waals surface area contributed by atoms with Crippen LogP contribution in [-0.2, 0) is 6.18 Å². The van der Waals surface area contributed by atoms with Crippen molar-refractivity contribution in [3.8, 4) is 23.1 Å². The van der Waals surface area contributed by atoms with Crippen molar-refractivity contribution < 1.29 is 35.8 Å². The Morgan fingerprint density at radius 1 is 1.15 bits per heavy atom. The first-order chi connectivity index (χ1) is 21.9. The fourth-order valence-electron chi connectivity index (χ4n) is 8.34. The third kappa shape index (κ3) is 4.55. The quantitative estimate of drug-likeness (QED) is 0.306. The first-order valence-corrected chi connectivity index (χ1v) is 15.7. The topological polar surface area (TPSA) is 102 Å². The van der Waals surface area contributed by atoms with E-state index in [0.717, 1.165) is 51.8 Å². The summed E-state index contributed by atoms with van der Waals surface area (Å²) in [5.41, 5.74) is 0.662. The van der Waals surface area contributed by atoms with Gasteiger partial charge in [0.1, 0.15) is 47.6 Å². The van der Waals surface area contributed by atoms with Crippen LogP contribution in [0.3, 0.4) is 0 Å². The summed E-state index contributed by atoms with van der Waals surface area (Å²) in [6, 6.07) is 0.348. The van der Waals surface area contributed by atoms with Crippen molar-refractivity contribution in [2.45, 2.75) is 69.0 Å². The van der Waals surface area contributed by atoms with Crippen LogP contribution in [0.1, 0.15) is 43.2 Å². The molecular formula is C31H33F6N7O2. The van der Waals surface area contributed by atoms with Gasteiger partial charge in [0.15, 0.2) is 5.82 Å². The molecule has 9 nitrogen and oxygen atoms in total. The van der Waals surface area contributed by atoms with E-state index in [1.807, 2.05) is 4.90 Å². The number of fused-ring (bicyclic) bond motifs is 3. The second-order valence-electron chi connectivity index (χ2n) is 13.3. The number of hydrogen-bond acceptors (Lipinski definition) is 9. The maximum absolute atomic E-state index is 16.7. The third-order valence-electron chi connectivity index (χ3n) is 10.5. The molecule has 1 aromatic carbocycles. The van der Waals surface area contributed by atoms with E-state index in [0.29, 0.717) is 25.3 Å². The molecule has 0 aliphatic carbocycles. The summed E-state index contributed by atoms with van der Waals surface area (Å²) in [5, 5.41) is 3.67. The Balaban J connectivity index is 1.32. The minimum Gasteiger partial charge on any atom is -0.475 e. The van der Waals surface area contributed by atoms with E-state index in [1.54, 1.807) is 0 Å². The van der Waals surface area contributed by atoms with Crippen LogP contribution in [0.15, 0.2) is 6.07 Å². The molecule has 46 heavy (non-hydrogen) atoms. The van der Waals surface area contributed by atoms with Crippen molar-refractivity contribution in [2.24, 2.45) is 5.92 Å². The van der Waals surface area contributed by atoms with Gasteiger partial charge in [-0.25, -0.2) is 18.2 Å². The SMILES string of the molecule is Cc1c(F)c(N)cc(-c2nc3c4c(nc(OC[C@@]56CCCN5C[C@H](F)C6)nc4c2F)N2C[C@H]4CC[C@H](NC4)[C@H]2CO3)c1C(F)(F)F. The van der Waals surface area contributed by atoms with Gasteiger partial charge in [0.05, 0.1) is 22.8 Å². The van der Waals surface area contributed by atoms with Crippen LogP contribution in [0.5, 0.6) is 11.9 Å². The van der Waals surface area contributed by atoms with Crippen LogP contribution in [0.25, 0.3) is 22.2 Å². The molecule has 3 aromatic rings. The summed E-state index contributed by atoms with van der Waals surface area (Å²) in [6.07, 6.45) is -2.28. The molecule has 0 unspecified atom stereocenters. The molecule has 2 aromatic heterocycles. The van der Waals surface area contributed by atoms with Crippen LogP contribution in [-0.4, -0.2) is 83.0 Å². The van der Waals surface area contributed by atoms with Crippen LogP contribution in [0.2, 0.25) is 0 Å². The number of benzene rings is 1. The molecule has 3 N–H and O–H groups in total. The van der Waals surface area contributed by atoms with Gasteiger partial charge >= 0.3 is 12.2 Å².